The molecule has 1 amide bonds. The molecule has 0 saturated heterocycles. The van der Waals surface area contributed by atoms with Crippen molar-refractivity contribution in [2.24, 2.45) is 0 Å². The molecule has 0 saturated carbocycles. The molecule has 41 heavy (non-hydrogen) atoms. The normalized spacial score (nSPS) is 11.6. The van der Waals surface area contributed by atoms with Gasteiger partial charge in [0, 0.05) is 23.6 Å². The van der Waals surface area contributed by atoms with Crippen LogP contribution in [0.3, 0.4) is 0 Å². The summed E-state index contributed by atoms with van der Waals surface area (Å²) in [5.41, 5.74) is 3.75. The van der Waals surface area contributed by atoms with Crippen molar-refractivity contribution in [3.8, 4) is 29.9 Å². The first-order valence-corrected chi connectivity index (χ1v) is 13.3. The van der Waals surface area contributed by atoms with Crippen LogP contribution >= 0.6 is 0 Å². The van der Waals surface area contributed by atoms with Crippen molar-refractivity contribution in [2.45, 2.75) is 64.8 Å². The van der Waals surface area contributed by atoms with E-state index >= 15 is 0 Å². The number of ether oxygens (including phenoxy) is 2. The average Bonchev–Trinajstić information content (AvgIpc) is 3.37. The van der Waals surface area contributed by atoms with Gasteiger partial charge in [-0.2, -0.15) is 5.10 Å². The van der Waals surface area contributed by atoms with Gasteiger partial charge < -0.3 is 14.8 Å². The largest absolute Gasteiger partial charge is 0.573 e. The standard InChI is InChI=1S/C29H34F3N3O4.C2H2/c1-4-5-6-7-20(2)25-18-26(22-12-14-24(15-13-22)39-29(30,31)32)35(34-25)19-21-8-10-23(11-9-21)28(37)33-17-16-27(36)38-3;1-2/h8-15,18,20H,4-7,16-17,19H2,1-3H3,(H,33,37);1-2H. The first-order valence-electron chi connectivity index (χ1n) is 13.3. The topological polar surface area (TPSA) is 82.5 Å². The number of unbranched alkanes of at least 4 members (excludes halogenated alkanes) is 2. The van der Waals surface area contributed by atoms with Crippen molar-refractivity contribution in [3.63, 3.8) is 0 Å². The van der Waals surface area contributed by atoms with Crippen LogP contribution in [0.15, 0.2) is 54.6 Å². The number of carbonyl (C=O) groups excluding carboxylic acids is 2. The lowest BCUT2D eigenvalue weighted by Crippen LogP contribution is -2.26. The Morgan fingerprint density at radius 1 is 1.05 bits per heavy atom. The number of hydrogen-bond acceptors (Lipinski definition) is 5. The van der Waals surface area contributed by atoms with Crippen molar-refractivity contribution < 1.29 is 32.2 Å². The molecular weight excluding hydrogens is 535 g/mol. The van der Waals surface area contributed by atoms with E-state index in [0.29, 0.717) is 17.7 Å². The maximum Gasteiger partial charge on any atom is 0.573 e. The number of methoxy groups -OCH3 is 1. The van der Waals surface area contributed by atoms with E-state index in [0.717, 1.165) is 42.6 Å². The second-order valence-corrected chi connectivity index (χ2v) is 9.36. The Hall–Kier alpha value is -4.26. The number of rotatable bonds is 13. The smallest absolute Gasteiger partial charge is 0.469 e. The zero-order chi connectivity index (χ0) is 30.4. The minimum atomic E-state index is -4.76. The molecule has 1 heterocycles. The zero-order valence-corrected chi connectivity index (χ0v) is 23.5. The number of hydrogen-bond donors (Lipinski definition) is 1. The predicted octanol–water partition coefficient (Wildman–Crippen LogP) is 6.72. The number of esters is 1. The van der Waals surface area contributed by atoms with Gasteiger partial charge in [0.15, 0.2) is 0 Å². The summed E-state index contributed by atoms with van der Waals surface area (Å²) in [5, 5.41) is 7.53. The Kier molecular flexibility index (Phi) is 12.9. The Bertz CT molecular complexity index is 1270. The lowest BCUT2D eigenvalue weighted by atomic mass is 9.99. The van der Waals surface area contributed by atoms with E-state index in [-0.39, 0.29) is 30.5 Å². The van der Waals surface area contributed by atoms with Crippen molar-refractivity contribution >= 4 is 11.9 Å². The van der Waals surface area contributed by atoms with Gasteiger partial charge in [0.2, 0.25) is 0 Å². The fraction of sp³-hybridized carbons (Fsp3) is 0.387. The Balaban J connectivity index is 0.00000287. The molecule has 1 atom stereocenters. The summed E-state index contributed by atoms with van der Waals surface area (Å²) < 4.78 is 48.2. The highest BCUT2D eigenvalue weighted by molar-refractivity contribution is 5.94. The second-order valence-electron chi connectivity index (χ2n) is 9.36. The van der Waals surface area contributed by atoms with Gasteiger partial charge in [-0.15, -0.1) is 26.0 Å². The van der Waals surface area contributed by atoms with E-state index in [2.05, 4.69) is 41.5 Å². The van der Waals surface area contributed by atoms with Crippen molar-refractivity contribution in [3.05, 3.63) is 71.4 Å². The summed E-state index contributed by atoms with van der Waals surface area (Å²) in [6.45, 7) is 4.86. The quantitative estimate of drug-likeness (QED) is 0.140. The molecule has 1 unspecified atom stereocenters. The molecular formula is C31H36F3N3O4. The SMILES string of the molecule is C#C.CCCCCC(C)c1cc(-c2ccc(OC(F)(F)F)cc2)n(Cc2ccc(C(=O)NCCC(=O)OC)cc2)n1. The summed E-state index contributed by atoms with van der Waals surface area (Å²) >= 11 is 0. The van der Waals surface area contributed by atoms with Gasteiger partial charge in [0.1, 0.15) is 5.75 Å². The highest BCUT2D eigenvalue weighted by atomic mass is 19.4. The number of terminal acetylenes is 1. The van der Waals surface area contributed by atoms with Gasteiger partial charge in [-0.25, -0.2) is 0 Å². The number of aromatic nitrogens is 2. The fourth-order valence-corrected chi connectivity index (χ4v) is 4.12. The molecule has 0 spiro atoms. The summed E-state index contributed by atoms with van der Waals surface area (Å²) in [4.78, 5) is 23.6. The van der Waals surface area contributed by atoms with E-state index < -0.39 is 12.3 Å². The summed E-state index contributed by atoms with van der Waals surface area (Å²) in [5.74, 6) is -0.761. The number of halogens is 3. The molecule has 7 nitrogen and oxygen atoms in total. The van der Waals surface area contributed by atoms with Gasteiger partial charge in [0.25, 0.3) is 5.91 Å². The minimum absolute atomic E-state index is 0.0882. The molecule has 3 aromatic rings. The van der Waals surface area contributed by atoms with Crippen LogP contribution < -0.4 is 10.1 Å². The van der Waals surface area contributed by atoms with Crippen molar-refractivity contribution in [2.75, 3.05) is 13.7 Å². The van der Waals surface area contributed by atoms with Crippen LogP contribution in [0.4, 0.5) is 13.2 Å². The first-order chi connectivity index (χ1) is 19.6. The summed E-state index contributed by atoms with van der Waals surface area (Å²) in [6, 6.07) is 14.8. The van der Waals surface area contributed by atoms with Gasteiger partial charge in [-0.05, 0) is 54.4 Å². The molecule has 1 aromatic heterocycles. The number of amides is 1. The van der Waals surface area contributed by atoms with E-state index in [4.69, 9.17) is 5.10 Å². The Morgan fingerprint density at radius 2 is 1.71 bits per heavy atom. The molecule has 0 bridgehead atoms. The second kappa shape index (κ2) is 16.1. The summed E-state index contributed by atoms with van der Waals surface area (Å²) in [6.07, 6.45) is 7.67. The van der Waals surface area contributed by atoms with E-state index in [1.54, 1.807) is 24.3 Å². The lowest BCUT2D eigenvalue weighted by Gasteiger charge is -2.11. The molecule has 0 fully saturated rings. The maximum absolute atomic E-state index is 12.6. The van der Waals surface area contributed by atoms with Crippen molar-refractivity contribution in [1.82, 2.24) is 15.1 Å². The fourth-order valence-electron chi connectivity index (χ4n) is 4.12. The number of nitrogens with zero attached hydrogens (tertiary/aromatic N) is 2. The minimum Gasteiger partial charge on any atom is -0.469 e. The Morgan fingerprint density at radius 3 is 2.29 bits per heavy atom. The van der Waals surface area contributed by atoms with Crippen LogP contribution in [0.5, 0.6) is 5.75 Å². The number of benzene rings is 2. The number of nitrogens with one attached hydrogen (secondary N) is 1. The highest BCUT2D eigenvalue weighted by Gasteiger charge is 2.31. The average molecular weight is 572 g/mol. The zero-order valence-electron chi connectivity index (χ0n) is 23.5. The van der Waals surface area contributed by atoms with Crippen LogP contribution in [-0.2, 0) is 16.1 Å². The molecule has 10 heteroatoms. The molecule has 220 valence electrons. The number of alkyl halides is 3. The van der Waals surface area contributed by atoms with Crippen molar-refractivity contribution in [1.29, 1.82) is 0 Å². The maximum atomic E-state index is 12.6. The van der Waals surface area contributed by atoms with E-state index in [1.165, 1.54) is 19.2 Å². The van der Waals surface area contributed by atoms with Crippen LogP contribution in [0.1, 0.15) is 73.5 Å². The molecule has 0 aliphatic heterocycles. The first kappa shape index (κ1) is 32.9. The molecule has 2 aromatic carbocycles. The highest BCUT2D eigenvalue weighted by Crippen LogP contribution is 2.30. The number of carbonyl (C=O) groups is 2. The van der Waals surface area contributed by atoms with Gasteiger partial charge in [-0.1, -0.05) is 45.2 Å². The molecule has 0 aliphatic rings. The molecule has 0 aliphatic carbocycles. The Labute approximate surface area is 239 Å². The van der Waals surface area contributed by atoms with Gasteiger partial charge in [-0.3, -0.25) is 14.3 Å². The van der Waals surface area contributed by atoms with E-state index in [1.807, 2.05) is 22.9 Å². The van der Waals surface area contributed by atoms with Crippen LogP contribution in [0, 0.1) is 12.8 Å². The third-order valence-corrected chi connectivity index (χ3v) is 6.32. The van der Waals surface area contributed by atoms with E-state index in [9.17, 15) is 22.8 Å². The van der Waals surface area contributed by atoms with Crippen LogP contribution in [0.25, 0.3) is 11.3 Å². The third kappa shape index (κ3) is 10.7. The third-order valence-electron chi connectivity index (χ3n) is 6.32. The van der Waals surface area contributed by atoms with Crippen LogP contribution in [0.2, 0.25) is 0 Å². The molecule has 3 rings (SSSR count). The monoisotopic (exact) mass is 571 g/mol. The molecule has 0 radical (unpaired) electrons. The van der Waals surface area contributed by atoms with Gasteiger partial charge in [0.05, 0.1) is 31.5 Å². The van der Waals surface area contributed by atoms with Crippen LogP contribution in [-0.4, -0.2) is 41.7 Å². The van der Waals surface area contributed by atoms with Gasteiger partial charge >= 0.3 is 12.3 Å². The predicted molar refractivity (Wildman–Crippen MR) is 151 cm³/mol. The molecule has 1 N–H and O–H groups in total. The lowest BCUT2D eigenvalue weighted by molar-refractivity contribution is -0.274. The summed E-state index contributed by atoms with van der Waals surface area (Å²) in [7, 11) is 1.29.